The van der Waals surface area contributed by atoms with E-state index in [1.165, 1.54) is 24.8 Å². The van der Waals surface area contributed by atoms with Crippen molar-refractivity contribution in [1.82, 2.24) is 5.32 Å². The van der Waals surface area contributed by atoms with Gasteiger partial charge in [0.25, 0.3) is 0 Å². The van der Waals surface area contributed by atoms with Crippen molar-refractivity contribution in [3.63, 3.8) is 0 Å². The molecule has 2 rings (SSSR count). The Kier molecular flexibility index (Phi) is 5.00. The number of aryl methyl sites for hydroxylation is 1. The fourth-order valence-corrected chi connectivity index (χ4v) is 3.46. The highest BCUT2D eigenvalue weighted by Gasteiger charge is 2.44. The summed E-state index contributed by atoms with van der Waals surface area (Å²) < 4.78 is 5.12. The molecule has 0 atom stereocenters. The van der Waals surface area contributed by atoms with E-state index >= 15 is 0 Å². The highest BCUT2D eigenvalue weighted by Crippen LogP contribution is 2.49. The van der Waals surface area contributed by atoms with Crippen molar-refractivity contribution < 1.29 is 4.74 Å². The number of rotatable bonds is 7. The summed E-state index contributed by atoms with van der Waals surface area (Å²) in [5, 5.41) is 3.57. The number of benzene rings is 1. The highest BCUT2D eigenvalue weighted by atomic mass is 16.5. The Labute approximate surface area is 117 Å². The Morgan fingerprint density at radius 3 is 2.68 bits per heavy atom. The Hall–Kier alpha value is -0.860. The van der Waals surface area contributed by atoms with Crippen LogP contribution in [0.2, 0.25) is 0 Å². The van der Waals surface area contributed by atoms with E-state index in [2.05, 4.69) is 43.4 Å². The van der Waals surface area contributed by atoms with Crippen molar-refractivity contribution in [2.75, 3.05) is 26.8 Å². The molecule has 0 amide bonds. The third kappa shape index (κ3) is 3.18. The first kappa shape index (κ1) is 14.5. The van der Waals surface area contributed by atoms with Gasteiger partial charge < -0.3 is 10.1 Å². The molecule has 0 spiro atoms. The smallest absolute Gasteiger partial charge is 0.0587 e. The van der Waals surface area contributed by atoms with Crippen LogP contribution in [0.4, 0.5) is 0 Å². The van der Waals surface area contributed by atoms with Gasteiger partial charge in [-0.15, -0.1) is 0 Å². The van der Waals surface area contributed by atoms with E-state index in [-0.39, 0.29) is 0 Å². The van der Waals surface area contributed by atoms with E-state index < -0.39 is 0 Å². The van der Waals surface area contributed by atoms with E-state index in [4.69, 9.17) is 4.74 Å². The van der Waals surface area contributed by atoms with Gasteiger partial charge >= 0.3 is 0 Å². The Bertz CT molecular complexity index is 396. The monoisotopic (exact) mass is 261 g/mol. The lowest BCUT2D eigenvalue weighted by molar-refractivity contribution is 0.127. The van der Waals surface area contributed by atoms with E-state index in [0.29, 0.717) is 5.41 Å². The van der Waals surface area contributed by atoms with Crippen LogP contribution in [-0.4, -0.2) is 26.8 Å². The molecule has 0 aliphatic heterocycles. The summed E-state index contributed by atoms with van der Waals surface area (Å²) in [6, 6.07) is 8.88. The maximum Gasteiger partial charge on any atom is 0.0587 e. The molecule has 0 saturated heterocycles. The molecule has 0 bridgehead atoms. The summed E-state index contributed by atoms with van der Waals surface area (Å²) in [7, 11) is 1.76. The molecule has 1 aromatic rings. The number of hydrogen-bond acceptors (Lipinski definition) is 2. The topological polar surface area (TPSA) is 21.3 Å². The van der Waals surface area contributed by atoms with Crippen LogP contribution in [-0.2, 0) is 10.2 Å². The van der Waals surface area contributed by atoms with Crippen LogP contribution in [0.15, 0.2) is 24.3 Å². The first-order valence-corrected chi connectivity index (χ1v) is 7.47. The quantitative estimate of drug-likeness (QED) is 0.761. The summed E-state index contributed by atoms with van der Waals surface area (Å²) in [6.07, 6.45) is 3.97. The molecule has 2 heteroatoms. The van der Waals surface area contributed by atoms with E-state index in [1.54, 1.807) is 12.7 Å². The van der Waals surface area contributed by atoms with Gasteiger partial charge in [-0.25, -0.2) is 0 Å². The summed E-state index contributed by atoms with van der Waals surface area (Å²) in [5.41, 5.74) is 3.34. The van der Waals surface area contributed by atoms with E-state index in [9.17, 15) is 0 Å². The van der Waals surface area contributed by atoms with Gasteiger partial charge in [-0.05, 0) is 36.8 Å². The average Bonchev–Trinajstić information content (AvgIpc) is 2.38. The van der Waals surface area contributed by atoms with Crippen molar-refractivity contribution in [1.29, 1.82) is 0 Å². The average molecular weight is 261 g/mol. The maximum absolute atomic E-state index is 5.12. The van der Waals surface area contributed by atoms with Crippen LogP contribution in [0.25, 0.3) is 0 Å². The van der Waals surface area contributed by atoms with Crippen LogP contribution in [0.3, 0.4) is 0 Å². The molecule has 1 N–H and O–H groups in total. The molecular weight excluding hydrogens is 234 g/mol. The molecular formula is C17H27NO. The molecule has 1 aliphatic rings. The van der Waals surface area contributed by atoms with Crippen molar-refractivity contribution >= 4 is 0 Å². The second-order valence-electron chi connectivity index (χ2n) is 5.95. The Balaban J connectivity index is 2.06. The zero-order valence-corrected chi connectivity index (χ0v) is 12.5. The van der Waals surface area contributed by atoms with Gasteiger partial charge in [0, 0.05) is 25.6 Å². The van der Waals surface area contributed by atoms with Crippen LogP contribution >= 0.6 is 0 Å². The lowest BCUT2D eigenvalue weighted by Crippen LogP contribution is -2.49. The largest absolute Gasteiger partial charge is 0.383 e. The maximum atomic E-state index is 5.12. The van der Waals surface area contributed by atoms with Crippen LogP contribution < -0.4 is 5.32 Å². The van der Waals surface area contributed by atoms with Gasteiger partial charge in [-0.1, -0.05) is 37.6 Å². The number of methoxy groups -OCH3 is 1. The zero-order valence-electron chi connectivity index (χ0n) is 12.5. The van der Waals surface area contributed by atoms with Gasteiger partial charge in [-0.2, -0.15) is 0 Å². The minimum atomic E-state index is 0.361. The molecule has 0 heterocycles. The minimum absolute atomic E-state index is 0.361. The SMILES string of the molecule is CCC1CC(CNCCOC)(c2ccccc2C)C1. The van der Waals surface area contributed by atoms with E-state index in [0.717, 1.165) is 25.6 Å². The van der Waals surface area contributed by atoms with Gasteiger partial charge in [-0.3, -0.25) is 0 Å². The third-order valence-electron chi connectivity index (χ3n) is 4.60. The second kappa shape index (κ2) is 6.53. The summed E-state index contributed by atoms with van der Waals surface area (Å²) in [6.45, 7) is 7.37. The summed E-state index contributed by atoms with van der Waals surface area (Å²) in [5.74, 6) is 0.906. The van der Waals surface area contributed by atoms with E-state index in [1.807, 2.05) is 0 Å². The number of hydrogen-bond donors (Lipinski definition) is 1. The van der Waals surface area contributed by atoms with Gasteiger partial charge in [0.2, 0.25) is 0 Å². The normalized spacial score (nSPS) is 26.2. The fourth-order valence-electron chi connectivity index (χ4n) is 3.46. The van der Waals surface area contributed by atoms with Crippen molar-refractivity contribution in [2.24, 2.45) is 5.92 Å². The molecule has 1 fully saturated rings. The first-order chi connectivity index (χ1) is 9.22. The molecule has 0 unspecified atom stereocenters. The zero-order chi connectivity index (χ0) is 13.7. The predicted octanol–water partition coefficient (Wildman–Crippen LogP) is 3.29. The first-order valence-electron chi connectivity index (χ1n) is 7.47. The van der Waals surface area contributed by atoms with Gasteiger partial charge in [0.15, 0.2) is 0 Å². The van der Waals surface area contributed by atoms with Gasteiger partial charge in [0.1, 0.15) is 0 Å². The van der Waals surface area contributed by atoms with Crippen molar-refractivity contribution in [2.45, 2.75) is 38.5 Å². The molecule has 0 aromatic heterocycles. The second-order valence-corrected chi connectivity index (χ2v) is 5.95. The highest BCUT2D eigenvalue weighted by molar-refractivity contribution is 5.36. The molecule has 1 aromatic carbocycles. The lowest BCUT2D eigenvalue weighted by Gasteiger charge is -2.49. The molecule has 2 nitrogen and oxygen atoms in total. The Morgan fingerprint density at radius 1 is 1.32 bits per heavy atom. The molecule has 19 heavy (non-hydrogen) atoms. The standard InChI is InChI=1S/C17H27NO/c1-4-15-11-17(12-15,13-18-9-10-19-3)16-8-6-5-7-14(16)2/h5-8,15,18H,4,9-13H2,1-3H3. The van der Waals surface area contributed by atoms with Crippen molar-refractivity contribution in [3.8, 4) is 0 Å². The van der Waals surface area contributed by atoms with Crippen LogP contribution in [0.5, 0.6) is 0 Å². The molecule has 1 saturated carbocycles. The minimum Gasteiger partial charge on any atom is -0.383 e. The summed E-state index contributed by atoms with van der Waals surface area (Å²) in [4.78, 5) is 0. The number of nitrogens with one attached hydrogen (secondary N) is 1. The lowest BCUT2D eigenvalue weighted by atomic mass is 9.57. The third-order valence-corrected chi connectivity index (χ3v) is 4.60. The number of ether oxygens (including phenoxy) is 1. The molecule has 1 aliphatic carbocycles. The molecule has 106 valence electrons. The van der Waals surface area contributed by atoms with Crippen molar-refractivity contribution in [3.05, 3.63) is 35.4 Å². The predicted molar refractivity (Wildman–Crippen MR) is 80.6 cm³/mol. The Morgan fingerprint density at radius 2 is 2.05 bits per heavy atom. The van der Waals surface area contributed by atoms with Crippen LogP contribution in [0, 0.1) is 12.8 Å². The molecule has 0 radical (unpaired) electrons. The van der Waals surface area contributed by atoms with Crippen LogP contribution in [0.1, 0.15) is 37.3 Å². The van der Waals surface area contributed by atoms with Gasteiger partial charge in [0.05, 0.1) is 6.61 Å². The summed E-state index contributed by atoms with van der Waals surface area (Å²) >= 11 is 0. The fraction of sp³-hybridized carbons (Fsp3) is 0.647.